The maximum Gasteiger partial charge on any atom is 0.405 e. The number of carbonyl (C=O) groups excluding carboxylic acids is 3. The second-order valence-electron chi connectivity index (χ2n) is 10.1. The summed E-state index contributed by atoms with van der Waals surface area (Å²) in [6.45, 7) is 6.90. The molecule has 220 valence electrons. The van der Waals surface area contributed by atoms with Crippen LogP contribution in [0.25, 0.3) is 0 Å². The van der Waals surface area contributed by atoms with Crippen molar-refractivity contribution in [1.82, 2.24) is 0 Å². The van der Waals surface area contributed by atoms with Crippen molar-refractivity contribution < 1.29 is 43.9 Å². The van der Waals surface area contributed by atoms with Gasteiger partial charge in [-0.05, 0) is 38.2 Å². The third kappa shape index (κ3) is 8.17. The van der Waals surface area contributed by atoms with Gasteiger partial charge in [-0.1, -0.05) is 38.2 Å². The quantitative estimate of drug-likeness (QED) is 0.160. The fourth-order valence-corrected chi connectivity index (χ4v) is 4.76. The highest BCUT2D eigenvalue weighted by Crippen LogP contribution is 2.38. The van der Waals surface area contributed by atoms with E-state index in [1.165, 1.54) is 20.3 Å². The minimum Gasteiger partial charge on any atom is -0.507 e. The topological polar surface area (TPSA) is 178 Å². The highest BCUT2D eigenvalue weighted by molar-refractivity contribution is 6.05. The third-order valence-electron chi connectivity index (χ3n) is 6.99. The molecule has 0 fully saturated rings. The first-order valence-corrected chi connectivity index (χ1v) is 12.9. The van der Waals surface area contributed by atoms with Gasteiger partial charge in [0.05, 0.1) is 23.5 Å². The molecule has 2 rings (SSSR count). The molecule has 1 aromatic carbocycles. The maximum absolute atomic E-state index is 12.9. The number of aromatic hydroxyl groups is 2. The highest BCUT2D eigenvalue weighted by atomic mass is 16.6. The van der Waals surface area contributed by atoms with Gasteiger partial charge >= 0.3 is 6.09 Å². The zero-order chi connectivity index (χ0) is 30.1. The molecule has 11 nitrogen and oxygen atoms in total. The lowest BCUT2D eigenvalue weighted by atomic mass is 9.87. The van der Waals surface area contributed by atoms with E-state index >= 15 is 0 Å². The molecule has 2 amide bonds. The third-order valence-corrected chi connectivity index (χ3v) is 6.99. The number of phenols is 2. The summed E-state index contributed by atoms with van der Waals surface area (Å²) in [5.41, 5.74) is 6.16. The van der Waals surface area contributed by atoms with Gasteiger partial charge in [-0.25, -0.2) is 4.79 Å². The Hall–Kier alpha value is -3.67. The van der Waals surface area contributed by atoms with Gasteiger partial charge in [0.2, 0.25) is 0 Å². The molecular weight excluding hydrogens is 520 g/mol. The molecule has 0 aliphatic carbocycles. The smallest absolute Gasteiger partial charge is 0.405 e. The molecule has 6 N–H and O–H groups in total. The number of amides is 2. The number of nitrogens with two attached hydrogens (primary N) is 1. The van der Waals surface area contributed by atoms with Crippen LogP contribution in [-0.4, -0.2) is 72.2 Å². The van der Waals surface area contributed by atoms with Crippen LogP contribution in [0.15, 0.2) is 41.5 Å². The first-order valence-electron chi connectivity index (χ1n) is 12.9. The van der Waals surface area contributed by atoms with E-state index in [0.717, 1.165) is 6.07 Å². The number of hydrogen-bond donors (Lipinski definition) is 5. The van der Waals surface area contributed by atoms with Crippen LogP contribution in [0.2, 0.25) is 0 Å². The molecule has 2 bridgehead atoms. The molecule has 1 heterocycles. The van der Waals surface area contributed by atoms with Gasteiger partial charge < -0.3 is 40.6 Å². The zero-order valence-corrected chi connectivity index (χ0v) is 23.7. The Kier molecular flexibility index (Phi) is 11.9. The van der Waals surface area contributed by atoms with Gasteiger partial charge in [0.1, 0.15) is 17.6 Å². The number of hydrogen-bond acceptors (Lipinski definition) is 9. The van der Waals surface area contributed by atoms with Crippen molar-refractivity contribution in [3.05, 3.63) is 52.6 Å². The van der Waals surface area contributed by atoms with Crippen LogP contribution in [0.5, 0.6) is 11.5 Å². The van der Waals surface area contributed by atoms with Crippen LogP contribution >= 0.6 is 0 Å². The van der Waals surface area contributed by atoms with Crippen LogP contribution in [0, 0.1) is 11.8 Å². The number of methoxy groups -OCH3 is 2. The molecule has 6 atom stereocenters. The number of nitrogens with one attached hydrogen (secondary N) is 1. The molecule has 0 unspecified atom stereocenters. The summed E-state index contributed by atoms with van der Waals surface area (Å²) in [5, 5.41) is 35.2. The van der Waals surface area contributed by atoms with Crippen molar-refractivity contribution in [3.8, 4) is 11.5 Å². The number of allylic oxidation sites excluding steroid dienone is 2. The summed E-state index contributed by atoms with van der Waals surface area (Å²) in [7, 11) is 2.89. The van der Waals surface area contributed by atoms with Crippen molar-refractivity contribution in [2.75, 3.05) is 19.5 Å². The number of fused-ring (bicyclic) bond motifs is 2. The van der Waals surface area contributed by atoms with Crippen molar-refractivity contribution >= 4 is 24.0 Å². The number of rotatable bonds is 4. The highest BCUT2D eigenvalue weighted by Gasteiger charge is 2.30. The van der Waals surface area contributed by atoms with E-state index in [4.69, 9.17) is 19.9 Å². The molecule has 1 aliphatic rings. The summed E-state index contributed by atoms with van der Waals surface area (Å²) in [5.74, 6) is -1.98. The zero-order valence-electron chi connectivity index (χ0n) is 23.7. The monoisotopic (exact) mass is 560 g/mol. The Labute approximate surface area is 234 Å². The minimum atomic E-state index is -1.01. The van der Waals surface area contributed by atoms with E-state index in [9.17, 15) is 29.7 Å². The first-order chi connectivity index (χ1) is 18.8. The predicted octanol–water partition coefficient (Wildman–Crippen LogP) is 3.37. The molecular formula is C29H40N2O9. The Morgan fingerprint density at radius 1 is 1.18 bits per heavy atom. The van der Waals surface area contributed by atoms with Crippen LogP contribution < -0.4 is 11.1 Å². The molecule has 0 spiro atoms. The number of phenolic OH excluding ortho intramolecular Hbond substituents is 2. The summed E-state index contributed by atoms with van der Waals surface area (Å²) in [6, 6.07) is 1.11. The number of primary amides is 1. The lowest BCUT2D eigenvalue weighted by Gasteiger charge is -2.29. The van der Waals surface area contributed by atoms with Crippen molar-refractivity contribution in [2.45, 2.75) is 65.0 Å². The molecule has 0 saturated heterocycles. The SMILES string of the molecule is CO[C@@H]1/C=C\C=C(\C)C(=O)Nc2cc(O)c(C=O)c(c2O)C[C@@H](C)C[C@@H](OC)[C@@H](O)[C@@H](C)/C=C(/C)[C@H]1OC(N)=O. The molecule has 0 saturated carbocycles. The molecule has 0 aromatic heterocycles. The van der Waals surface area contributed by atoms with E-state index in [1.807, 2.05) is 6.92 Å². The average Bonchev–Trinajstić information content (AvgIpc) is 2.90. The standard InChI is InChI=1S/C29H40N2O9/c1-15-10-19-20(14-32)22(33)13-21(26(19)35)31-28(36)16(2)8-7-9-23(38-5)27(40-29(30)37)18(4)12-17(3)25(34)24(11-15)39-6/h7-9,12-15,17,23-25,27,33-35H,10-11H2,1-6H3,(H2,30,37)(H,31,36)/b9-7-,16-8-,18-12-/t15-,17+,23-,24-,25+,27-/m1/s1. The number of anilines is 1. The number of aliphatic hydroxyl groups excluding tert-OH is 1. The summed E-state index contributed by atoms with van der Waals surface area (Å²) < 4.78 is 16.5. The summed E-state index contributed by atoms with van der Waals surface area (Å²) in [4.78, 5) is 36.3. The number of benzene rings is 1. The van der Waals surface area contributed by atoms with Gasteiger partial charge in [0.25, 0.3) is 5.91 Å². The molecule has 0 radical (unpaired) electrons. The second-order valence-corrected chi connectivity index (χ2v) is 10.1. The number of aldehydes is 1. The van der Waals surface area contributed by atoms with Gasteiger partial charge in [-0.15, -0.1) is 0 Å². The number of aliphatic hydroxyl groups is 1. The fraction of sp³-hybridized carbons (Fsp3) is 0.483. The summed E-state index contributed by atoms with van der Waals surface area (Å²) >= 11 is 0. The molecule has 1 aromatic rings. The predicted molar refractivity (Wildman–Crippen MR) is 149 cm³/mol. The van der Waals surface area contributed by atoms with Gasteiger partial charge in [-0.2, -0.15) is 0 Å². The molecule has 1 aliphatic heterocycles. The van der Waals surface area contributed by atoms with Crippen molar-refractivity contribution in [2.24, 2.45) is 17.6 Å². The van der Waals surface area contributed by atoms with Gasteiger partial charge in [0, 0.05) is 37.3 Å². The van der Waals surface area contributed by atoms with E-state index in [1.54, 1.807) is 39.0 Å². The number of carbonyl (C=O) groups is 3. The normalized spacial score (nSPS) is 30.2. The van der Waals surface area contributed by atoms with Gasteiger partial charge in [-0.3, -0.25) is 9.59 Å². The van der Waals surface area contributed by atoms with Crippen LogP contribution in [0.3, 0.4) is 0 Å². The lowest BCUT2D eigenvalue weighted by molar-refractivity contribution is -0.112. The van der Waals surface area contributed by atoms with E-state index in [-0.39, 0.29) is 40.5 Å². The first kappa shape index (κ1) is 32.5. The number of ether oxygens (including phenoxy) is 3. The van der Waals surface area contributed by atoms with Crippen molar-refractivity contribution in [1.29, 1.82) is 0 Å². The fourth-order valence-electron chi connectivity index (χ4n) is 4.76. The Morgan fingerprint density at radius 3 is 2.42 bits per heavy atom. The van der Waals surface area contributed by atoms with Crippen LogP contribution in [0.1, 0.15) is 50.0 Å². The van der Waals surface area contributed by atoms with Crippen molar-refractivity contribution in [3.63, 3.8) is 0 Å². The maximum atomic E-state index is 12.9. The van der Waals surface area contributed by atoms with E-state index in [2.05, 4.69) is 5.32 Å². The summed E-state index contributed by atoms with van der Waals surface area (Å²) in [6.07, 6.45) is 2.97. The van der Waals surface area contributed by atoms with E-state index < -0.39 is 48.1 Å². The molecule has 40 heavy (non-hydrogen) atoms. The Bertz CT molecular complexity index is 1170. The Balaban J connectivity index is 2.66. The Morgan fingerprint density at radius 2 is 1.85 bits per heavy atom. The largest absolute Gasteiger partial charge is 0.507 e. The average molecular weight is 561 g/mol. The molecule has 11 heteroatoms. The van der Waals surface area contributed by atoms with Crippen LogP contribution in [0.4, 0.5) is 10.5 Å². The minimum absolute atomic E-state index is 0.0635. The van der Waals surface area contributed by atoms with E-state index in [0.29, 0.717) is 18.3 Å². The lowest BCUT2D eigenvalue weighted by Crippen LogP contribution is -2.37. The van der Waals surface area contributed by atoms with Gasteiger partial charge in [0.15, 0.2) is 12.4 Å². The van der Waals surface area contributed by atoms with Crippen LogP contribution in [-0.2, 0) is 25.4 Å². The second kappa shape index (κ2) is 14.6.